The van der Waals surface area contributed by atoms with Crippen LogP contribution in [-0.2, 0) is 4.74 Å². The Kier molecular flexibility index (Phi) is 6.55. The molecule has 8 heteroatoms. The van der Waals surface area contributed by atoms with Crippen molar-refractivity contribution in [3.63, 3.8) is 0 Å². The molecule has 27 heavy (non-hydrogen) atoms. The Morgan fingerprint density at radius 3 is 2.48 bits per heavy atom. The first-order valence-electron chi connectivity index (χ1n) is 9.56. The van der Waals surface area contributed by atoms with Gasteiger partial charge < -0.3 is 15.0 Å². The smallest absolute Gasteiger partial charge is 0.339 e. The fraction of sp³-hybridized carbons (Fsp3) is 0.632. The molecule has 2 aliphatic rings. The molecule has 1 aromatic carbocycles. The lowest BCUT2D eigenvalue weighted by Gasteiger charge is -2.39. The van der Waals surface area contributed by atoms with E-state index in [1.54, 1.807) is 0 Å². The van der Waals surface area contributed by atoms with E-state index in [0.29, 0.717) is 11.7 Å². The third-order valence-corrected chi connectivity index (χ3v) is 5.98. The SMILES string of the molecule is COC(=O)c1cc([N+](=O)[O-])c(NC2CCN(C3CCCCC3)CC2)cc1Cl. The maximum Gasteiger partial charge on any atom is 0.339 e. The molecule has 2 fully saturated rings. The Hall–Kier alpha value is -1.86. The summed E-state index contributed by atoms with van der Waals surface area (Å²) in [4.78, 5) is 25.3. The fourth-order valence-corrected chi connectivity index (χ4v) is 4.41. The maximum absolute atomic E-state index is 11.7. The monoisotopic (exact) mass is 395 g/mol. The van der Waals surface area contributed by atoms with Crippen LogP contribution in [0.25, 0.3) is 0 Å². The van der Waals surface area contributed by atoms with Gasteiger partial charge in [0.2, 0.25) is 0 Å². The predicted molar refractivity (Wildman–Crippen MR) is 105 cm³/mol. The van der Waals surface area contributed by atoms with Gasteiger partial charge in [-0.25, -0.2) is 4.79 Å². The molecule has 0 amide bonds. The van der Waals surface area contributed by atoms with Gasteiger partial charge in [-0.1, -0.05) is 30.9 Å². The summed E-state index contributed by atoms with van der Waals surface area (Å²) in [5.74, 6) is -0.685. The molecule has 0 radical (unpaired) electrons. The van der Waals surface area contributed by atoms with Gasteiger partial charge in [0, 0.05) is 31.2 Å². The van der Waals surface area contributed by atoms with Crippen LogP contribution in [0.5, 0.6) is 0 Å². The van der Waals surface area contributed by atoms with Crippen LogP contribution in [0, 0.1) is 10.1 Å². The number of likely N-dealkylation sites (tertiary alicyclic amines) is 1. The lowest BCUT2D eigenvalue weighted by Crippen LogP contribution is -2.45. The van der Waals surface area contributed by atoms with E-state index in [2.05, 4.69) is 15.0 Å². The topological polar surface area (TPSA) is 84.7 Å². The lowest BCUT2D eigenvalue weighted by atomic mass is 9.92. The molecule has 0 atom stereocenters. The number of carbonyl (C=O) groups is 1. The van der Waals surface area contributed by atoms with E-state index in [4.69, 9.17) is 11.6 Å². The van der Waals surface area contributed by atoms with Gasteiger partial charge in [-0.15, -0.1) is 0 Å². The standard InChI is InChI=1S/C19H26ClN3O4/c1-27-19(24)15-11-18(23(25)26)17(12-16(15)20)21-13-7-9-22(10-8-13)14-5-3-2-4-6-14/h11-14,21H,2-10H2,1H3. The van der Waals surface area contributed by atoms with Gasteiger partial charge in [-0.2, -0.15) is 0 Å². The quantitative estimate of drug-likeness (QED) is 0.456. The van der Waals surface area contributed by atoms with Crippen LogP contribution in [0.1, 0.15) is 55.3 Å². The highest BCUT2D eigenvalue weighted by Crippen LogP contribution is 2.33. The molecule has 1 saturated carbocycles. The number of ether oxygens (including phenoxy) is 1. The maximum atomic E-state index is 11.7. The van der Waals surface area contributed by atoms with Crippen LogP contribution >= 0.6 is 11.6 Å². The Labute approximate surface area is 164 Å². The number of esters is 1. The van der Waals surface area contributed by atoms with Gasteiger partial charge in [-0.05, 0) is 31.7 Å². The number of hydrogen-bond donors (Lipinski definition) is 1. The van der Waals surface area contributed by atoms with Crippen molar-refractivity contribution in [3.8, 4) is 0 Å². The summed E-state index contributed by atoms with van der Waals surface area (Å²) < 4.78 is 4.64. The van der Waals surface area contributed by atoms with E-state index in [-0.39, 0.29) is 22.3 Å². The van der Waals surface area contributed by atoms with Gasteiger partial charge >= 0.3 is 5.97 Å². The third-order valence-electron chi connectivity index (χ3n) is 5.67. The number of nitro groups is 1. The Morgan fingerprint density at radius 2 is 1.89 bits per heavy atom. The van der Waals surface area contributed by atoms with Crippen LogP contribution in [0.3, 0.4) is 0 Å². The Balaban J connectivity index is 1.67. The molecule has 148 valence electrons. The first-order valence-corrected chi connectivity index (χ1v) is 9.94. The minimum absolute atomic E-state index is 0.00327. The van der Waals surface area contributed by atoms with Crippen molar-refractivity contribution in [1.82, 2.24) is 4.90 Å². The number of carbonyl (C=O) groups excluding carboxylic acids is 1. The molecule has 1 aromatic rings. The van der Waals surface area contributed by atoms with Crippen molar-refractivity contribution in [1.29, 1.82) is 0 Å². The van der Waals surface area contributed by atoms with E-state index < -0.39 is 10.9 Å². The predicted octanol–water partition coefficient (Wildman–Crippen LogP) is 4.24. The summed E-state index contributed by atoms with van der Waals surface area (Å²) in [5.41, 5.74) is 0.201. The summed E-state index contributed by atoms with van der Waals surface area (Å²) in [7, 11) is 1.22. The second kappa shape index (κ2) is 8.89. The number of hydrogen-bond acceptors (Lipinski definition) is 6. The number of nitrogens with one attached hydrogen (secondary N) is 1. The van der Waals surface area contributed by atoms with Gasteiger partial charge in [0.25, 0.3) is 5.69 Å². The molecule has 7 nitrogen and oxygen atoms in total. The van der Waals surface area contributed by atoms with E-state index >= 15 is 0 Å². The molecule has 0 aromatic heterocycles. The number of nitrogens with zero attached hydrogens (tertiary/aromatic N) is 2. The second-order valence-corrected chi connectivity index (χ2v) is 7.75. The van der Waals surface area contributed by atoms with Crippen LogP contribution in [0.4, 0.5) is 11.4 Å². The van der Waals surface area contributed by atoms with Crippen LogP contribution in [0.15, 0.2) is 12.1 Å². The van der Waals surface area contributed by atoms with Crippen molar-refractivity contribution in [3.05, 3.63) is 32.8 Å². The van der Waals surface area contributed by atoms with Crippen LogP contribution < -0.4 is 5.32 Å². The molecular formula is C19H26ClN3O4. The summed E-state index contributed by atoms with van der Waals surface area (Å²) in [5, 5.41) is 14.9. The highest BCUT2D eigenvalue weighted by atomic mass is 35.5. The number of methoxy groups -OCH3 is 1. The van der Waals surface area contributed by atoms with Crippen molar-refractivity contribution < 1.29 is 14.5 Å². The van der Waals surface area contributed by atoms with Gasteiger partial charge in [0.1, 0.15) is 5.69 Å². The summed E-state index contributed by atoms with van der Waals surface area (Å²) >= 11 is 6.15. The molecule has 0 bridgehead atoms. The number of rotatable bonds is 5. The third kappa shape index (κ3) is 4.71. The normalized spacial score (nSPS) is 19.6. The molecular weight excluding hydrogens is 370 g/mol. The van der Waals surface area contributed by atoms with Crippen molar-refractivity contribution in [2.24, 2.45) is 0 Å². The zero-order valence-corrected chi connectivity index (χ0v) is 16.3. The van der Waals surface area contributed by atoms with E-state index in [1.807, 2.05) is 0 Å². The fourth-order valence-electron chi connectivity index (χ4n) is 4.17. The van der Waals surface area contributed by atoms with Crippen LogP contribution in [0.2, 0.25) is 5.02 Å². The van der Waals surface area contributed by atoms with Gasteiger partial charge in [0.05, 0.1) is 22.6 Å². The van der Waals surface area contributed by atoms with Crippen molar-refractivity contribution >= 4 is 28.9 Å². The molecule has 1 heterocycles. The minimum Gasteiger partial charge on any atom is -0.465 e. The number of halogens is 1. The first-order chi connectivity index (χ1) is 13.0. The van der Waals surface area contributed by atoms with Crippen molar-refractivity contribution in [2.45, 2.75) is 57.0 Å². The summed E-state index contributed by atoms with van der Waals surface area (Å²) in [6.07, 6.45) is 8.43. The van der Waals surface area contributed by atoms with Gasteiger partial charge in [0.15, 0.2) is 0 Å². The molecule has 1 aliphatic heterocycles. The van der Waals surface area contributed by atoms with E-state index in [0.717, 1.165) is 25.9 Å². The number of benzene rings is 1. The zero-order valence-electron chi connectivity index (χ0n) is 15.6. The number of anilines is 1. The molecule has 1 N–H and O–H groups in total. The molecule has 1 aliphatic carbocycles. The molecule has 0 spiro atoms. The first kappa shape index (κ1) is 19.9. The average molecular weight is 396 g/mol. The number of piperidine rings is 1. The minimum atomic E-state index is -0.685. The lowest BCUT2D eigenvalue weighted by molar-refractivity contribution is -0.384. The van der Waals surface area contributed by atoms with Crippen molar-refractivity contribution in [2.75, 3.05) is 25.5 Å². The van der Waals surface area contributed by atoms with E-state index in [1.165, 1.54) is 51.3 Å². The Morgan fingerprint density at radius 1 is 1.22 bits per heavy atom. The highest BCUT2D eigenvalue weighted by molar-refractivity contribution is 6.34. The molecule has 3 rings (SSSR count). The second-order valence-electron chi connectivity index (χ2n) is 7.34. The largest absolute Gasteiger partial charge is 0.465 e. The summed E-state index contributed by atoms with van der Waals surface area (Å²) in [6, 6.07) is 3.50. The van der Waals surface area contributed by atoms with E-state index in [9.17, 15) is 14.9 Å². The zero-order chi connectivity index (χ0) is 19.4. The highest BCUT2D eigenvalue weighted by Gasteiger charge is 2.28. The average Bonchev–Trinajstić information content (AvgIpc) is 2.68. The van der Waals surface area contributed by atoms with Gasteiger partial charge in [-0.3, -0.25) is 10.1 Å². The Bertz CT molecular complexity index is 698. The van der Waals surface area contributed by atoms with Crippen LogP contribution in [-0.4, -0.2) is 48.1 Å². The molecule has 1 saturated heterocycles. The number of nitro benzene ring substituents is 1. The molecule has 0 unspecified atom stereocenters. The summed E-state index contributed by atoms with van der Waals surface area (Å²) in [6.45, 7) is 2.01.